The van der Waals surface area contributed by atoms with Crippen LogP contribution in [0.5, 0.6) is 0 Å². The van der Waals surface area contributed by atoms with Gasteiger partial charge in [0.1, 0.15) is 0 Å². The van der Waals surface area contributed by atoms with Crippen molar-refractivity contribution >= 4 is 17.7 Å². The molecule has 0 radical (unpaired) electrons. The van der Waals surface area contributed by atoms with Gasteiger partial charge in [-0.05, 0) is 36.1 Å². The standard InChI is InChI=1S/C14H12O4S2/c15-19(16)13-7-3-1-5-11(13)9-10-12-6-2-4-8-14(12)20(19,17)18/h1-8H,9-10H2. The maximum absolute atomic E-state index is 12.5. The molecule has 4 nitrogen and oxygen atoms in total. The second-order valence-electron chi connectivity index (χ2n) is 4.62. The highest BCUT2D eigenvalue weighted by Gasteiger charge is 2.37. The van der Waals surface area contributed by atoms with Crippen LogP contribution in [0.15, 0.2) is 58.3 Å². The monoisotopic (exact) mass is 308 g/mol. The van der Waals surface area contributed by atoms with Crippen LogP contribution in [0.3, 0.4) is 0 Å². The highest BCUT2D eigenvalue weighted by Crippen LogP contribution is 2.32. The summed E-state index contributed by atoms with van der Waals surface area (Å²) in [6.07, 6.45) is 1.00. The molecule has 0 atom stereocenters. The van der Waals surface area contributed by atoms with Crippen molar-refractivity contribution in [1.29, 1.82) is 0 Å². The molecule has 1 heterocycles. The van der Waals surface area contributed by atoms with Gasteiger partial charge in [0.25, 0.3) is 17.7 Å². The summed E-state index contributed by atoms with van der Waals surface area (Å²) in [5, 5.41) is 0. The fourth-order valence-electron chi connectivity index (χ4n) is 2.41. The van der Waals surface area contributed by atoms with Gasteiger partial charge in [0.2, 0.25) is 0 Å². The summed E-state index contributed by atoms with van der Waals surface area (Å²) in [4.78, 5) is -0.205. The molecular formula is C14H12O4S2. The van der Waals surface area contributed by atoms with E-state index in [2.05, 4.69) is 0 Å². The van der Waals surface area contributed by atoms with Crippen molar-refractivity contribution < 1.29 is 16.8 Å². The highest BCUT2D eigenvalue weighted by atomic mass is 33.2. The maximum Gasteiger partial charge on any atom is 0.286 e. The summed E-state index contributed by atoms with van der Waals surface area (Å²) < 4.78 is 49.9. The molecule has 2 aromatic carbocycles. The van der Waals surface area contributed by atoms with Gasteiger partial charge in [-0.15, -0.1) is 0 Å². The van der Waals surface area contributed by atoms with Crippen LogP contribution in [-0.4, -0.2) is 16.8 Å². The molecule has 0 saturated heterocycles. The molecule has 6 heteroatoms. The minimum atomic E-state index is -4.42. The van der Waals surface area contributed by atoms with E-state index in [1.165, 1.54) is 12.1 Å². The van der Waals surface area contributed by atoms with Crippen LogP contribution in [0.4, 0.5) is 0 Å². The predicted octanol–water partition coefficient (Wildman–Crippen LogP) is 1.95. The Kier molecular flexibility index (Phi) is 2.95. The Balaban J connectivity index is 2.39. The van der Waals surface area contributed by atoms with Crippen LogP contribution in [0.25, 0.3) is 0 Å². The zero-order valence-electron chi connectivity index (χ0n) is 10.5. The molecule has 0 aliphatic carbocycles. The Labute approximate surface area is 117 Å². The lowest BCUT2D eigenvalue weighted by molar-refractivity contribution is 0.580. The van der Waals surface area contributed by atoms with Gasteiger partial charge in [-0.25, -0.2) is 16.8 Å². The Morgan fingerprint density at radius 3 is 1.35 bits per heavy atom. The Morgan fingerprint density at radius 2 is 0.950 bits per heavy atom. The SMILES string of the molecule is O=S1(=O)c2ccccc2CCc2ccccc2S1(=O)=O. The van der Waals surface area contributed by atoms with Crippen LogP contribution in [0, 0.1) is 0 Å². The average Bonchev–Trinajstić information content (AvgIpc) is 2.44. The van der Waals surface area contributed by atoms with Gasteiger partial charge in [0.15, 0.2) is 0 Å². The molecule has 20 heavy (non-hydrogen) atoms. The summed E-state index contributed by atoms with van der Waals surface area (Å²) in [6, 6.07) is 12.6. The molecule has 0 spiro atoms. The molecule has 0 fully saturated rings. The van der Waals surface area contributed by atoms with Crippen LogP contribution >= 0.6 is 0 Å². The van der Waals surface area contributed by atoms with E-state index in [-0.39, 0.29) is 9.79 Å². The third-order valence-corrected chi connectivity index (χ3v) is 8.70. The molecule has 0 bridgehead atoms. The van der Waals surface area contributed by atoms with Gasteiger partial charge in [-0.2, -0.15) is 0 Å². The first kappa shape index (κ1) is 13.3. The van der Waals surface area contributed by atoms with E-state index in [1.54, 1.807) is 36.4 Å². The number of hydrogen-bond acceptors (Lipinski definition) is 4. The van der Waals surface area contributed by atoms with E-state index in [0.717, 1.165) is 0 Å². The van der Waals surface area contributed by atoms with Crippen LogP contribution in [0.1, 0.15) is 11.1 Å². The first-order chi connectivity index (χ1) is 9.44. The third kappa shape index (κ3) is 1.79. The van der Waals surface area contributed by atoms with Crippen LogP contribution < -0.4 is 0 Å². The second-order valence-corrected chi connectivity index (χ2v) is 9.95. The van der Waals surface area contributed by atoms with E-state index in [0.29, 0.717) is 24.0 Å². The van der Waals surface area contributed by atoms with E-state index in [1.807, 2.05) is 0 Å². The zero-order valence-corrected chi connectivity index (χ0v) is 12.1. The Hall–Kier alpha value is -1.66. The lowest BCUT2D eigenvalue weighted by Gasteiger charge is -2.17. The average molecular weight is 308 g/mol. The topological polar surface area (TPSA) is 68.3 Å². The van der Waals surface area contributed by atoms with Crippen LogP contribution in [-0.2, 0) is 30.6 Å². The first-order valence-corrected chi connectivity index (χ1v) is 9.59. The molecule has 1 aliphatic heterocycles. The number of fused-ring (bicyclic) bond motifs is 2. The Bertz CT molecular complexity index is 805. The summed E-state index contributed by atoms with van der Waals surface area (Å²) in [5.74, 6) is 0. The second kappa shape index (κ2) is 4.43. The lowest BCUT2D eigenvalue weighted by Crippen LogP contribution is -2.21. The van der Waals surface area contributed by atoms with Crippen molar-refractivity contribution in [2.45, 2.75) is 22.6 Å². The first-order valence-electron chi connectivity index (χ1n) is 6.10. The number of benzene rings is 2. The largest absolute Gasteiger partial charge is 0.286 e. The summed E-state index contributed by atoms with van der Waals surface area (Å²) in [5.41, 5.74) is 1.09. The normalized spacial score (nSPS) is 19.2. The molecule has 1 aliphatic rings. The number of hydrogen-bond donors (Lipinski definition) is 0. The molecule has 0 N–H and O–H groups in total. The van der Waals surface area contributed by atoms with Gasteiger partial charge in [-0.3, -0.25) is 0 Å². The van der Waals surface area contributed by atoms with Gasteiger partial charge >= 0.3 is 0 Å². The van der Waals surface area contributed by atoms with Crippen LogP contribution in [0.2, 0.25) is 0 Å². The molecule has 2 aromatic rings. The van der Waals surface area contributed by atoms with Crippen molar-refractivity contribution in [3.8, 4) is 0 Å². The minimum Gasteiger partial charge on any atom is -0.207 e. The molecule has 0 amide bonds. The fourth-order valence-corrected chi connectivity index (χ4v) is 6.75. The van der Waals surface area contributed by atoms with E-state index in [9.17, 15) is 16.8 Å². The van der Waals surface area contributed by atoms with Gasteiger partial charge in [-0.1, -0.05) is 36.4 Å². The van der Waals surface area contributed by atoms with Crippen molar-refractivity contribution in [3.63, 3.8) is 0 Å². The Morgan fingerprint density at radius 1 is 0.600 bits per heavy atom. The molecule has 0 saturated carbocycles. The van der Waals surface area contributed by atoms with Crippen molar-refractivity contribution in [2.75, 3.05) is 0 Å². The smallest absolute Gasteiger partial charge is 0.207 e. The molecule has 3 rings (SSSR count). The molecule has 104 valence electrons. The zero-order chi connectivity index (χ0) is 14.4. The van der Waals surface area contributed by atoms with Crippen molar-refractivity contribution in [3.05, 3.63) is 59.7 Å². The number of aryl methyl sites for hydroxylation is 2. The van der Waals surface area contributed by atoms with E-state index in [4.69, 9.17) is 0 Å². The molecular weight excluding hydrogens is 296 g/mol. The quantitative estimate of drug-likeness (QED) is 0.698. The van der Waals surface area contributed by atoms with Gasteiger partial charge in [0.05, 0.1) is 9.79 Å². The predicted molar refractivity (Wildman–Crippen MR) is 74.7 cm³/mol. The molecule has 0 unspecified atom stereocenters. The maximum atomic E-state index is 12.5. The van der Waals surface area contributed by atoms with Crippen molar-refractivity contribution in [1.82, 2.24) is 0 Å². The molecule has 0 aromatic heterocycles. The third-order valence-electron chi connectivity index (χ3n) is 3.44. The summed E-state index contributed by atoms with van der Waals surface area (Å²) in [7, 11) is -8.84. The van der Waals surface area contributed by atoms with Gasteiger partial charge in [0, 0.05) is 0 Å². The fraction of sp³-hybridized carbons (Fsp3) is 0.143. The number of rotatable bonds is 0. The van der Waals surface area contributed by atoms with E-state index < -0.39 is 17.7 Å². The summed E-state index contributed by atoms with van der Waals surface area (Å²) >= 11 is 0. The van der Waals surface area contributed by atoms with E-state index >= 15 is 0 Å². The summed E-state index contributed by atoms with van der Waals surface area (Å²) in [6.45, 7) is 0. The minimum absolute atomic E-state index is 0.102. The van der Waals surface area contributed by atoms with Gasteiger partial charge < -0.3 is 0 Å². The van der Waals surface area contributed by atoms with Crippen molar-refractivity contribution in [2.24, 2.45) is 0 Å². The lowest BCUT2D eigenvalue weighted by atomic mass is 10.0. The highest BCUT2D eigenvalue weighted by molar-refractivity contribution is 8.67.